The van der Waals surface area contributed by atoms with Crippen LogP contribution in [0.5, 0.6) is 17.2 Å². The van der Waals surface area contributed by atoms with Crippen molar-refractivity contribution in [3.63, 3.8) is 0 Å². The number of hydrogen-bond donors (Lipinski definition) is 3. The molecule has 2 aromatic carbocycles. The molecule has 0 radical (unpaired) electrons. The Hall–Kier alpha value is -6.10. The van der Waals surface area contributed by atoms with Crippen LogP contribution in [0.15, 0.2) is 66.8 Å². The summed E-state index contributed by atoms with van der Waals surface area (Å²) in [4.78, 5) is 73.0. The second-order valence-electron chi connectivity index (χ2n) is 13.1. The first-order chi connectivity index (χ1) is 30.8. The lowest BCUT2D eigenvalue weighted by Crippen LogP contribution is -2.32. The van der Waals surface area contributed by atoms with E-state index in [4.69, 9.17) is 56.8 Å². The second-order valence-corrected chi connectivity index (χ2v) is 13.1. The number of hydrogen-bond acceptors (Lipinski definition) is 18. The van der Waals surface area contributed by atoms with E-state index in [0.29, 0.717) is 11.0 Å². The summed E-state index contributed by atoms with van der Waals surface area (Å²) in [6.07, 6.45) is -2.69. The van der Waals surface area contributed by atoms with E-state index in [-0.39, 0.29) is 153 Å². The summed E-state index contributed by atoms with van der Waals surface area (Å²) in [5.41, 5.74) is 0.866. The molecule has 0 aliphatic rings. The number of benzene rings is 2. The fourth-order valence-corrected chi connectivity index (χ4v) is 4.55. The van der Waals surface area contributed by atoms with Gasteiger partial charge < -0.3 is 72.8 Å². The van der Waals surface area contributed by atoms with Gasteiger partial charge in [0.1, 0.15) is 25.6 Å². The number of rotatable bonds is 33. The summed E-state index contributed by atoms with van der Waals surface area (Å²) in [5, 5.41) is 8.27. The van der Waals surface area contributed by atoms with Crippen molar-refractivity contribution in [1.82, 2.24) is 16.0 Å². The van der Waals surface area contributed by atoms with Gasteiger partial charge in [0.15, 0.2) is 11.5 Å². The average molecular weight is 906 g/mol. The number of carbonyl (C=O) groups excluding carboxylic acids is 6. The normalized spacial score (nSPS) is 10.6. The number of carbonyl (C=O) groups is 6. The topological polar surface area (TPSA) is 249 Å². The van der Waals surface area contributed by atoms with Crippen LogP contribution in [-0.4, -0.2) is 155 Å². The van der Waals surface area contributed by atoms with Gasteiger partial charge in [0.2, 0.25) is 0 Å². The highest BCUT2D eigenvalue weighted by Gasteiger charge is 2.22. The third kappa shape index (κ3) is 23.9. The summed E-state index contributed by atoms with van der Waals surface area (Å²) in [6.45, 7) is 17.6. The molecule has 0 fully saturated rings. The zero-order valence-electron chi connectivity index (χ0n) is 36.6. The standard InChI is InChI=1S/C43H59N3O18/c1-30(2)38(47)59-26-23-56-20-17-53-14-11-44-41(50)62-35-29-36(63-42(51)45-12-15-54-18-21-57-24-27-60-39(48)31(3)4)37(34-10-8-7-9-33(34)35)64-43(52)46-13-16-55-19-22-58-25-28-61-40(49)32(5)6/h7-10,29H,1,3,5,11-28H2,2,4,6H3,(H,44,50)(H,45,51)(H,46,52). The van der Waals surface area contributed by atoms with Crippen LogP contribution in [0.1, 0.15) is 20.8 Å². The molecular formula is C43H59N3O18. The lowest BCUT2D eigenvalue weighted by Gasteiger charge is -2.17. The van der Waals surface area contributed by atoms with Gasteiger partial charge in [-0.05, 0) is 20.8 Å². The molecule has 0 saturated carbocycles. The van der Waals surface area contributed by atoms with Gasteiger partial charge in [0, 0.05) is 53.2 Å². The Labute approximate surface area is 371 Å². The van der Waals surface area contributed by atoms with E-state index in [9.17, 15) is 28.8 Å². The summed E-state index contributed by atoms with van der Waals surface area (Å²) in [5.74, 6) is -1.93. The van der Waals surface area contributed by atoms with Crippen LogP contribution >= 0.6 is 0 Å². The SMILES string of the molecule is C=C(C)C(=O)OCCOCCOCCNC(=O)Oc1cc(OC(=O)NCCOCCOCCOC(=O)C(=C)C)c2ccccc2c1OC(=O)NCCOCCOCCOC(=O)C(=C)C. The quantitative estimate of drug-likeness (QED) is 0.0401. The molecule has 0 aliphatic heterocycles. The molecule has 21 nitrogen and oxygen atoms in total. The molecule has 0 unspecified atom stereocenters. The molecule has 0 aromatic heterocycles. The van der Waals surface area contributed by atoms with E-state index in [1.165, 1.54) is 6.07 Å². The molecule has 0 bridgehead atoms. The molecule has 2 aromatic rings. The highest BCUT2D eigenvalue weighted by molar-refractivity contribution is 5.98. The first-order valence-electron chi connectivity index (χ1n) is 20.2. The van der Waals surface area contributed by atoms with Gasteiger partial charge in [-0.3, -0.25) is 0 Å². The Balaban J connectivity index is 1.95. The van der Waals surface area contributed by atoms with Gasteiger partial charge in [-0.2, -0.15) is 0 Å². The molecule has 2 rings (SSSR count). The van der Waals surface area contributed by atoms with Crippen LogP contribution < -0.4 is 30.2 Å². The van der Waals surface area contributed by atoms with Gasteiger partial charge >= 0.3 is 36.2 Å². The van der Waals surface area contributed by atoms with Gasteiger partial charge in [0.05, 0.1) is 79.3 Å². The Morgan fingerprint density at radius 1 is 0.422 bits per heavy atom. The van der Waals surface area contributed by atoms with Gasteiger partial charge in [-0.15, -0.1) is 0 Å². The third-order valence-corrected chi connectivity index (χ3v) is 7.61. The van der Waals surface area contributed by atoms with Gasteiger partial charge in [0.25, 0.3) is 0 Å². The molecule has 3 N–H and O–H groups in total. The summed E-state index contributed by atoms with van der Waals surface area (Å²) < 4.78 is 64.0. The molecular weight excluding hydrogens is 846 g/mol. The smallest absolute Gasteiger partial charge is 0.412 e. The monoisotopic (exact) mass is 905 g/mol. The first kappa shape index (κ1) is 54.0. The van der Waals surface area contributed by atoms with Crippen molar-refractivity contribution in [3.05, 3.63) is 66.8 Å². The van der Waals surface area contributed by atoms with Crippen LogP contribution in [-0.2, 0) is 57.0 Å². The number of nitrogens with one attached hydrogen (secondary N) is 3. The van der Waals surface area contributed by atoms with E-state index in [0.717, 1.165) is 0 Å². The van der Waals surface area contributed by atoms with Crippen molar-refractivity contribution in [3.8, 4) is 17.2 Å². The molecule has 64 heavy (non-hydrogen) atoms. The Morgan fingerprint density at radius 2 is 0.734 bits per heavy atom. The van der Waals surface area contributed by atoms with E-state index in [1.807, 2.05) is 0 Å². The fraction of sp³-hybridized carbons (Fsp3) is 0.488. The minimum absolute atomic E-state index is 0.0207. The summed E-state index contributed by atoms with van der Waals surface area (Å²) in [7, 11) is 0. The van der Waals surface area contributed by atoms with Crippen LogP contribution in [0.3, 0.4) is 0 Å². The Kier molecular flexibility index (Phi) is 27.5. The fourth-order valence-electron chi connectivity index (χ4n) is 4.55. The van der Waals surface area contributed by atoms with E-state index < -0.39 is 36.2 Å². The average Bonchev–Trinajstić information content (AvgIpc) is 3.26. The molecule has 354 valence electrons. The third-order valence-electron chi connectivity index (χ3n) is 7.61. The minimum atomic E-state index is -0.936. The number of esters is 3. The maximum Gasteiger partial charge on any atom is 0.412 e. The maximum absolute atomic E-state index is 13.0. The van der Waals surface area contributed by atoms with Crippen molar-refractivity contribution >= 4 is 47.0 Å². The van der Waals surface area contributed by atoms with Crippen molar-refractivity contribution in [2.45, 2.75) is 20.8 Å². The van der Waals surface area contributed by atoms with Crippen LogP contribution in [0, 0.1) is 0 Å². The van der Waals surface area contributed by atoms with Gasteiger partial charge in [-0.1, -0.05) is 44.0 Å². The lowest BCUT2D eigenvalue weighted by molar-refractivity contribution is -0.141. The highest BCUT2D eigenvalue weighted by Crippen LogP contribution is 2.42. The van der Waals surface area contributed by atoms with E-state index in [1.54, 1.807) is 45.0 Å². The zero-order chi connectivity index (χ0) is 47.0. The molecule has 0 saturated heterocycles. The number of fused-ring (bicyclic) bond motifs is 1. The maximum atomic E-state index is 13.0. The van der Waals surface area contributed by atoms with Gasteiger partial charge in [-0.25, -0.2) is 28.8 Å². The number of ether oxygens (including phenoxy) is 12. The molecule has 0 spiro atoms. The van der Waals surface area contributed by atoms with Crippen LogP contribution in [0.2, 0.25) is 0 Å². The number of amides is 3. The molecule has 21 heteroatoms. The predicted octanol–water partition coefficient (Wildman–Crippen LogP) is 3.56. The van der Waals surface area contributed by atoms with Crippen molar-refractivity contribution in [2.75, 3.05) is 119 Å². The highest BCUT2D eigenvalue weighted by atomic mass is 16.6. The van der Waals surface area contributed by atoms with Crippen molar-refractivity contribution in [2.24, 2.45) is 0 Å². The summed E-state index contributed by atoms with van der Waals surface area (Å²) >= 11 is 0. The molecule has 0 heterocycles. The zero-order valence-corrected chi connectivity index (χ0v) is 36.6. The summed E-state index contributed by atoms with van der Waals surface area (Å²) in [6, 6.07) is 7.74. The molecule has 0 aliphatic carbocycles. The Bertz CT molecular complexity index is 1850. The second kappa shape index (κ2) is 32.6. The predicted molar refractivity (Wildman–Crippen MR) is 228 cm³/mol. The minimum Gasteiger partial charge on any atom is -0.460 e. The largest absolute Gasteiger partial charge is 0.460 e. The Morgan fingerprint density at radius 3 is 1.11 bits per heavy atom. The van der Waals surface area contributed by atoms with Crippen molar-refractivity contribution < 1.29 is 85.6 Å². The van der Waals surface area contributed by atoms with Crippen LogP contribution in [0.4, 0.5) is 14.4 Å². The lowest BCUT2D eigenvalue weighted by atomic mass is 10.1. The molecule has 3 amide bonds. The van der Waals surface area contributed by atoms with E-state index in [2.05, 4.69) is 35.7 Å². The first-order valence-corrected chi connectivity index (χ1v) is 20.2. The van der Waals surface area contributed by atoms with Crippen LogP contribution in [0.25, 0.3) is 10.8 Å². The molecule has 0 atom stereocenters. The van der Waals surface area contributed by atoms with Crippen molar-refractivity contribution in [1.29, 1.82) is 0 Å². The van der Waals surface area contributed by atoms with E-state index >= 15 is 0 Å².